The first-order valence-corrected chi connectivity index (χ1v) is 7.34. The van der Waals surface area contributed by atoms with Crippen molar-refractivity contribution < 1.29 is 0 Å². The molecule has 0 atom stereocenters. The standard InChI is InChI=1S/C14H9Cl2N3S.4ClH/c15-10-2-1-9(7-11(10)16)12-13(20-14(17)19-12)8-3-5-18-6-4-8;;;;/h1-7H,(H2,17,19);4*1H. The second-order valence-electron chi connectivity index (χ2n) is 4.09. The predicted octanol–water partition coefficient (Wildman–Crippen LogP) is 6.45. The zero-order valence-corrected chi connectivity index (χ0v) is 17.4. The Labute approximate surface area is 178 Å². The van der Waals surface area contributed by atoms with Crippen LogP contribution in [0.2, 0.25) is 10.0 Å². The highest BCUT2D eigenvalue weighted by atomic mass is 35.5. The molecule has 0 aliphatic heterocycles. The summed E-state index contributed by atoms with van der Waals surface area (Å²) >= 11 is 13.5. The van der Waals surface area contributed by atoms with E-state index in [-0.39, 0.29) is 49.6 Å². The van der Waals surface area contributed by atoms with Gasteiger partial charge in [-0.1, -0.05) is 40.6 Å². The van der Waals surface area contributed by atoms with Gasteiger partial charge in [0.2, 0.25) is 0 Å². The molecule has 3 aromatic rings. The van der Waals surface area contributed by atoms with Crippen LogP contribution in [0.1, 0.15) is 0 Å². The maximum atomic E-state index is 6.07. The Morgan fingerprint density at radius 3 is 2.04 bits per heavy atom. The van der Waals surface area contributed by atoms with Crippen LogP contribution in [0.3, 0.4) is 0 Å². The van der Waals surface area contributed by atoms with E-state index in [0.29, 0.717) is 15.2 Å². The Kier molecular flexibility index (Phi) is 12.0. The normalized spacial score (nSPS) is 8.92. The summed E-state index contributed by atoms with van der Waals surface area (Å²) < 4.78 is 0. The average Bonchev–Trinajstić information content (AvgIpc) is 2.85. The fraction of sp³-hybridized carbons (Fsp3) is 0. The molecule has 1 aromatic carbocycles. The first-order valence-electron chi connectivity index (χ1n) is 5.77. The van der Waals surface area contributed by atoms with Crippen molar-refractivity contribution in [3.8, 4) is 21.7 Å². The van der Waals surface area contributed by atoms with Gasteiger partial charge in [-0.3, -0.25) is 4.98 Å². The predicted molar refractivity (Wildman–Crippen MR) is 114 cm³/mol. The van der Waals surface area contributed by atoms with Gasteiger partial charge < -0.3 is 5.73 Å². The molecular formula is C14H13Cl6N3S. The number of nitrogen functional groups attached to an aromatic ring is 1. The summed E-state index contributed by atoms with van der Waals surface area (Å²) in [5.74, 6) is 0. The molecule has 0 radical (unpaired) electrons. The summed E-state index contributed by atoms with van der Waals surface area (Å²) in [5.41, 5.74) is 8.57. The summed E-state index contributed by atoms with van der Waals surface area (Å²) in [6.07, 6.45) is 3.48. The minimum Gasteiger partial charge on any atom is -0.375 e. The average molecular weight is 468 g/mol. The summed E-state index contributed by atoms with van der Waals surface area (Å²) in [6, 6.07) is 9.28. The van der Waals surface area contributed by atoms with E-state index in [1.54, 1.807) is 24.5 Å². The lowest BCUT2D eigenvalue weighted by Crippen LogP contribution is -1.85. The highest BCUT2D eigenvalue weighted by molar-refractivity contribution is 7.19. The van der Waals surface area contributed by atoms with Crippen molar-refractivity contribution in [2.45, 2.75) is 0 Å². The number of pyridine rings is 1. The summed E-state index contributed by atoms with van der Waals surface area (Å²) in [4.78, 5) is 9.41. The molecule has 0 bridgehead atoms. The fourth-order valence-electron chi connectivity index (χ4n) is 1.87. The zero-order valence-electron chi connectivity index (χ0n) is 11.8. The highest BCUT2D eigenvalue weighted by Crippen LogP contribution is 2.39. The van der Waals surface area contributed by atoms with Gasteiger partial charge in [-0.15, -0.1) is 49.6 Å². The molecule has 3 rings (SSSR count). The number of hydrogen-bond acceptors (Lipinski definition) is 4. The van der Waals surface area contributed by atoms with Crippen LogP contribution in [0.5, 0.6) is 0 Å². The van der Waals surface area contributed by atoms with Gasteiger partial charge in [0.15, 0.2) is 5.13 Å². The first-order chi connectivity index (χ1) is 9.65. The van der Waals surface area contributed by atoms with Crippen molar-refractivity contribution >= 4 is 89.3 Å². The zero-order chi connectivity index (χ0) is 14.1. The molecule has 2 N–H and O–H groups in total. The van der Waals surface area contributed by atoms with Crippen LogP contribution in [-0.2, 0) is 0 Å². The number of anilines is 1. The van der Waals surface area contributed by atoms with Crippen LogP contribution < -0.4 is 5.73 Å². The maximum Gasteiger partial charge on any atom is 0.181 e. The van der Waals surface area contributed by atoms with Crippen LogP contribution in [-0.4, -0.2) is 9.97 Å². The Hall–Kier alpha value is -0.460. The number of nitrogens with zero attached hydrogens (tertiary/aromatic N) is 2. The van der Waals surface area contributed by atoms with Gasteiger partial charge in [0.05, 0.1) is 20.6 Å². The number of thiazole rings is 1. The quantitative estimate of drug-likeness (QED) is 0.471. The molecule has 10 heteroatoms. The molecule has 132 valence electrons. The number of benzene rings is 1. The van der Waals surface area contributed by atoms with Crippen LogP contribution in [0.4, 0.5) is 5.13 Å². The lowest BCUT2D eigenvalue weighted by Gasteiger charge is -2.04. The minimum absolute atomic E-state index is 0. The number of nitrogens with two attached hydrogens (primary N) is 1. The van der Waals surface area contributed by atoms with E-state index in [1.807, 2.05) is 18.2 Å². The van der Waals surface area contributed by atoms with Gasteiger partial charge in [-0.25, -0.2) is 4.98 Å². The van der Waals surface area contributed by atoms with Crippen LogP contribution in [0.25, 0.3) is 21.7 Å². The molecule has 0 saturated carbocycles. The van der Waals surface area contributed by atoms with E-state index in [9.17, 15) is 0 Å². The number of hydrogen-bond donors (Lipinski definition) is 1. The largest absolute Gasteiger partial charge is 0.375 e. The van der Waals surface area contributed by atoms with Crippen molar-refractivity contribution in [2.24, 2.45) is 0 Å². The highest BCUT2D eigenvalue weighted by Gasteiger charge is 2.14. The summed E-state index contributed by atoms with van der Waals surface area (Å²) in [6.45, 7) is 0. The molecule has 0 aliphatic carbocycles. The third kappa shape index (κ3) is 5.53. The fourth-order valence-corrected chi connectivity index (χ4v) is 3.03. The maximum absolute atomic E-state index is 6.07. The molecule has 0 unspecified atom stereocenters. The van der Waals surface area contributed by atoms with Gasteiger partial charge in [0, 0.05) is 18.0 Å². The number of halogens is 6. The molecular weight excluding hydrogens is 455 g/mol. The number of aromatic nitrogens is 2. The van der Waals surface area contributed by atoms with E-state index >= 15 is 0 Å². The van der Waals surface area contributed by atoms with Gasteiger partial charge in [0.1, 0.15) is 0 Å². The molecule has 2 heterocycles. The topological polar surface area (TPSA) is 51.8 Å². The van der Waals surface area contributed by atoms with Gasteiger partial charge in [-0.2, -0.15) is 0 Å². The van der Waals surface area contributed by atoms with E-state index in [2.05, 4.69) is 9.97 Å². The van der Waals surface area contributed by atoms with Crippen molar-refractivity contribution in [1.82, 2.24) is 9.97 Å². The third-order valence-electron chi connectivity index (χ3n) is 2.78. The second-order valence-corrected chi connectivity index (χ2v) is 5.94. The van der Waals surface area contributed by atoms with Crippen LogP contribution in [0, 0.1) is 0 Å². The van der Waals surface area contributed by atoms with E-state index in [4.69, 9.17) is 28.9 Å². The van der Waals surface area contributed by atoms with Crippen LogP contribution in [0.15, 0.2) is 42.7 Å². The molecule has 0 amide bonds. The summed E-state index contributed by atoms with van der Waals surface area (Å²) in [7, 11) is 0. The lowest BCUT2D eigenvalue weighted by atomic mass is 10.1. The Bertz CT molecular complexity index is 766. The third-order valence-corrected chi connectivity index (χ3v) is 4.45. The molecule has 0 aliphatic rings. The second kappa shape index (κ2) is 11.2. The van der Waals surface area contributed by atoms with Crippen molar-refractivity contribution in [3.05, 3.63) is 52.8 Å². The van der Waals surface area contributed by atoms with Gasteiger partial charge in [-0.05, 0) is 29.8 Å². The SMILES string of the molecule is Cl.Cl.Cl.Cl.Nc1nc(-c2ccc(Cl)c(Cl)c2)c(-c2ccncc2)s1. The van der Waals surface area contributed by atoms with Gasteiger partial charge >= 0.3 is 0 Å². The van der Waals surface area contributed by atoms with E-state index in [0.717, 1.165) is 21.7 Å². The Balaban J connectivity index is 0. The van der Waals surface area contributed by atoms with Gasteiger partial charge in [0.25, 0.3) is 0 Å². The van der Waals surface area contributed by atoms with Crippen molar-refractivity contribution in [1.29, 1.82) is 0 Å². The molecule has 3 nitrogen and oxygen atoms in total. The Morgan fingerprint density at radius 2 is 1.46 bits per heavy atom. The Morgan fingerprint density at radius 1 is 0.833 bits per heavy atom. The molecule has 0 fully saturated rings. The van der Waals surface area contributed by atoms with Crippen molar-refractivity contribution in [2.75, 3.05) is 5.73 Å². The monoisotopic (exact) mass is 465 g/mol. The molecule has 24 heavy (non-hydrogen) atoms. The lowest BCUT2D eigenvalue weighted by molar-refractivity contribution is 1.33. The number of rotatable bonds is 2. The molecule has 0 saturated heterocycles. The van der Waals surface area contributed by atoms with Crippen molar-refractivity contribution in [3.63, 3.8) is 0 Å². The van der Waals surface area contributed by atoms with E-state index in [1.165, 1.54) is 11.3 Å². The molecule has 0 spiro atoms. The smallest absolute Gasteiger partial charge is 0.181 e. The van der Waals surface area contributed by atoms with Crippen LogP contribution >= 0.6 is 84.2 Å². The first kappa shape index (κ1) is 25.8. The summed E-state index contributed by atoms with van der Waals surface area (Å²) in [5, 5.41) is 1.53. The van der Waals surface area contributed by atoms with E-state index < -0.39 is 0 Å². The minimum atomic E-state index is 0. The molecule has 2 aromatic heterocycles.